The summed E-state index contributed by atoms with van der Waals surface area (Å²) in [6, 6.07) is 3.53. The minimum Gasteiger partial charge on any atom is -0.454 e. The van der Waals surface area contributed by atoms with Crippen LogP contribution in [0.25, 0.3) is 0 Å². The number of aryl methyl sites for hydroxylation is 3. The van der Waals surface area contributed by atoms with Crippen LogP contribution in [-0.4, -0.2) is 27.9 Å². The van der Waals surface area contributed by atoms with Gasteiger partial charge in [0.05, 0.1) is 5.56 Å². The number of halogens is 1. The molecular formula is C17H19ClN2O3. The molecule has 0 saturated carbocycles. The van der Waals surface area contributed by atoms with E-state index in [4.69, 9.17) is 16.3 Å². The molecule has 0 amide bonds. The number of aromatic nitrogens is 2. The molecule has 0 aliphatic rings. The highest BCUT2D eigenvalue weighted by atomic mass is 35.5. The summed E-state index contributed by atoms with van der Waals surface area (Å²) in [7, 11) is 1.88. The van der Waals surface area contributed by atoms with Crippen molar-refractivity contribution in [2.75, 3.05) is 6.61 Å². The molecule has 122 valence electrons. The van der Waals surface area contributed by atoms with E-state index >= 15 is 0 Å². The quantitative estimate of drug-likeness (QED) is 0.488. The van der Waals surface area contributed by atoms with Crippen LogP contribution in [0.15, 0.2) is 12.1 Å². The second kappa shape index (κ2) is 6.54. The van der Waals surface area contributed by atoms with Gasteiger partial charge >= 0.3 is 5.97 Å². The van der Waals surface area contributed by atoms with E-state index < -0.39 is 5.97 Å². The number of ketones is 1. The smallest absolute Gasteiger partial charge is 0.342 e. The van der Waals surface area contributed by atoms with E-state index in [1.165, 1.54) is 0 Å². The first-order valence-corrected chi connectivity index (χ1v) is 7.57. The highest BCUT2D eigenvalue weighted by Gasteiger charge is 2.20. The molecule has 0 aromatic carbocycles. The fourth-order valence-corrected chi connectivity index (χ4v) is 2.81. The number of Topliss-reactive ketones (excluding diaryl/α,β-unsaturated/α-hetero) is 1. The molecule has 0 bridgehead atoms. The Kier molecular flexibility index (Phi) is 4.90. The summed E-state index contributed by atoms with van der Waals surface area (Å²) >= 11 is 6.01. The zero-order chi connectivity index (χ0) is 17.3. The first kappa shape index (κ1) is 17.2. The van der Waals surface area contributed by atoms with Crippen molar-refractivity contribution in [3.05, 3.63) is 51.1 Å². The van der Waals surface area contributed by atoms with Crippen molar-refractivity contribution in [3.8, 4) is 0 Å². The fourth-order valence-electron chi connectivity index (χ4n) is 2.46. The van der Waals surface area contributed by atoms with Gasteiger partial charge in [0.25, 0.3) is 0 Å². The maximum Gasteiger partial charge on any atom is 0.342 e. The predicted molar refractivity (Wildman–Crippen MR) is 88.2 cm³/mol. The molecule has 23 heavy (non-hydrogen) atoms. The van der Waals surface area contributed by atoms with Gasteiger partial charge in [0.1, 0.15) is 5.15 Å². The summed E-state index contributed by atoms with van der Waals surface area (Å²) in [6.45, 7) is 6.98. The molecule has 0 aliphatic heterocycles. The van der Waals surface area contributed by atoms with E-state index in [-0.39, 0.29) is 23.1 Å². The number of pyridine rings is 1. The summed E-state index contributed by atoms with van der Waals surface area (Å²) in [5.41, 5.74) is 3.96. The first-order chi connectivity index (χ1) is 10.7. The summed E-state index contributed by atoms with van der Waals surface area (Å²) in [4.78, 5) is 28.5. The third-order valence-electron chi connectivity index (χ3n) is 3.91. The van der Waals surface area contributed by atoms with Gasteiger partial charge in [-0.25, -0.2) is 9.78 Å². The van der Waals surface area contributed by atoms with Crippen molar-refractivity contribution in [3.63, 3.8) is 0 Å². The Bertz CT molecular complexity index is 770. The lowest BCUT2D eigenvalue weighted by Crippen LogP contribution is -2.16. The zero-order valence-corrected chi connectivity index (χ0v) is 14.6. The molecule has 2 rings (SSSR count). The van der Waals surface area contributed by atoms with Crippen LogP contribution in [-0.2, 0) is 11.8 Å². The number of hydrogen-bond donors (Lipinski definition) is 0. The van der Waals surface area contributed by atoms with Gasteiger partial charge in [0.15, 0.2) is 6.61 Å². The van der Waals surface area contributed by atoms with Crippen LogP contribution in [0.4, 0.5) is 0 Å². The summed E-state index contributed by atoms with van der Waals surface area (Å²) in [5.74, 6) is -0.882. The van der Waals surface area contributed by atoms with Gasteiger partial charge in [-0.15, -0.1) is 0 Å². The average molecular weight is 335 g/mol. The van der Waals surface area contributed by atoms with Crippen molar-refractivity contribution in [1.29, 1.82) is 0 Å². The highest BCUT2D eigenvalue weighted by molar-refractivity contribution is 6.32. The van der Waals surface area contributed by atoms with E-state index in [0.29, 0.717) is 11.1 Å². The topological polar surface area (TPSA) is 61.2 Å². The lowest BCUT2D eigenvalue weighted by Gasteiger charge is -2.09. The van der Waals surface area contributed by atoms with E-state index in [0.717, 1.165) is 17.1 Å². The summed E-state index contributed by atoms with van der Waals surface area (Å²) in [6.07, 6.45) is 0. The van der Waals surface area contributed by atoms with Gasteiger partial charge in [-0.1, -0.05) is 11.6 Å². The largest absolute Gasteiger partial charge is 0.454 e. The first-order valence-electron chi connectivity index (χ1n) is 7.19. The van der Waals surface area contributed by atoms with Crippen LogP contribution in [0.1, 0.15) is 43.4 Å². The maximum absolute atomic E-state index is 12.3. The molecule has 0 unspecified atom stereocenters. The number of nitrogens with zero attached hydrogens (tertiary/aromatic N) is 2. The molecule has 2 aromatic rings. The van der Waals surface area contributed by atoms with Gasteiger partial charge in [-0.2, -0.15) is 0 Å². The average Bonchev–Trinajstić information content (AvgIpc) is 2.71. The molecule has 0 fully saturated rings. The van der Waals surface area contributed by atoms with E-state index in [2.05, 4.69) is 4.98 Å². The van der Waals surface area contributed by atoms with Crippen LogP contribution in [0.3, 0.4) is 0 Å². The summed E-state index contributed by atoms with van der Waals surface area (Å²) < 4.78 is 7.04. The molecular weight excluding hydrogens is 316 g/mol. The normalized spacial score (nSPS) is 10.7. The molecule has 6 heteroatoms. The van der Waals surface area contributed by atoms with Crippen molar-refractivity contribution < 1.29 is 14.3 Å². The second-order valence-electron chi connectivity index (χ2n) is 5.59. The van der Waals surface area contributed by atoms with Crippen LogP contribution in [0.5, 0.6) is 0 Å². The monoisotopic (exact) mass is 334 g/mol. The maximum atomic E-state index is 12.3. The van der Waals surface area contributed by atoms with Crippen molar-refractivity contribution >= 4 is 23.4 Å². The molecule has 0 radical (unpaired) electrons. The lowest BCUT2D eigenvalue weighted by atomic mass is 10.1. The van der Waals surface area contributed by atoms with Gasteiger partial charge in [-0.05, 0) is 45.4 Å². The molecule has 0 spiro atoms. The number of carbonyl (C=O) groups is 2. The van der Waals surface area contributed by atoms with Crippen LogP contribution >= 0.6 is 11.6 Å². The third-order valence-corrected chi connectivity index (χ3v) is 4.19. The Morgan fingerprint density at radius 3 is 2.39 bits per heavy atom. The summed E-state index contributed by atoms with van der Waals surface area (Å²) in [5, 5.41) is 0.0895. The Morgan fingerprint density at radius 2 is 1.87 bits per heavy atom. The van der Waals surface area contributed by atoms with Crippen LogP contribution in [0.2, 0.25) is 5.15 Å². The Labute approximate surface area is 140 Å². The number of esters is 1. The van der Waals surface area contributed by atoms with Crippen molar-refractivity contribution in [1.82, 2.24) is 9.55 Å². The Balaban J connectivity index is 2.13. The molecule has 0 aliphatic carbocycles. The molecule has 2 heterocycles. The minimum atomic E-state index is -0.640. The minimum absolute atomic E-state index is 0.0895. The van der Waals surface area contributed by atoms with Crippen LogP contribution < -0.4 is 0 Å². The van der Waals surface area contributed by atoms with E-state index in [1.54, 1.807) is 26.0 Å². The molecule has 0 saturated heterocycles. The third kappa shape index (κ3) is 3.45. The molecule has 2 aromatic heterocycles. The Morgan fingerprint density at radius 1 is 1.22 bits per heavy atom. The fraction of sp³-hybridized carbons (Fsp3) is 0.353. The van der Waals surface area contributed by atoms with Crippen molar-refractivity contribution in [2.24, 2.45) is 7.05 Å². The highest BCUT2D eigenvalue weighted by Crippen LogP contribution is 2.20. The Hall–Kier alpha value is -2.14. The molecule has 5 nitrogen and oxygen atoms in total. The molecule has 0 N–H and O–H groups in total. The van der Waals surface area contributed by atoms with E-state index in [9.17, 15) is 9.59 Å². The zero-order valence-electron chi connectivity index (χ0n) is 13.9. The van der Waals surface area contributed by atoms with Gasteiger partial charge < -0.3 is 9.30 Å². The predicted octanol–water partition coefficient (Wildman–Crippen LogP) is 3.35. The lowest BCUT2D eigenvalue weighted by molar-refractivity contribution is 0.0473. The molecule has 0 atom stereocenters. The van der Waals surface area contributed by atoms with Gasteiger partial charge in [-0.3, -0.25) is 4.79 Å². The van der Waals surface area contributed by atoms with Crippen molar-refractivity contribution in [2.45, 2.75) is 27.7 Å². The second-order valence-corrected chi connectivity index (χ2v) is 5.95. The van der Waals surface area contributed by atoms with Crippen LogP contribution in [0, 0.1) is 27.7 Å². The van der Waals surface area contributed by atoms with Gasteiger partial charge in [0, 0.05) is 29.7 Å². The number of ether oxygens (including phenoxy) is 1. The number of hydrogen-bond acceptors (Lipinski definition) is 4. The standard InChI is InChI=1S/C17H19ClN2O3/c1-9-6-10(2)19-16(18)15(9)17(22)23-8-14(21)13-7-11(3)20(5)12(13)4/h6-7H,8H2,1-5H3. The number of carbonyl (C=O) groups excluding carboxylic acids is 2. The SMILES string of the molecule is Cc1cc(C)c(C(=O)OCC(=O)c2cc(C)n(C)c2C)c(Cl)n1. The number of rotatable bonds is 4. The van der Waals surface area contributed by atoms with E-state index in [1.807, 2.05) is 25.5 Å². The van der Waals surface area contributed by atoms with Gasteiger partial charge in [0.2, 0.25) is 5.78 Å².